The van der Waals surface area contributed by atoms with Crippen molar-refractivity contribution in [3.8, 4) is 0 Å². The molecule has 0 saturated carbocycles. The molecule has 0 aliphatic carbocycles. The van der Waals surface area contributed by atoms with Crippen molar-refractivity contribution in [3.05, 3.63) is 129 Å². The first-order valence-electron chi connectivity index (χ1n) is 12.2. The molecule has 2 heterocycles. The number of hydrogen-bond acceptors (Lipinski definition) is 3. The molecule has 0 fully saturated rings. The summed E-state index contributed by atoms with van der Waals surface area (Å²) in [5, 5.41) is 2.88. The molecular weight excluding hydrogens is 455 g/mol. The fourth-order valence-corrected chi connectivity index (χ4v) is 4.79. The minimum atomic E-state index is -0.337. The zero-order valence-electron chi connectivity index (χ0n) is 20.1. The Morgan fingerprint density at radius 3 is 2.19 bits per heavy atom. The van der Waals surface area contributed by atoms with Crippen LogP contribution in [0.1, 0.15) is 27.9 Å². The van der Waals surface area contributed by atoms with Crippen LogP contribution in [0, 0.1) is 5.82 Å². The van der Waals surface area contributed by atoms with Gasteiger partial charge in [0.2, 0.25) is 5.91 Å². The van der Waals surface area contributed by atoms with Gasteiger partial charge in [0.05, 0.1) is 12.2 Å². The molecular formula is C29H29FN4O2. The summed E-state index contributed by atoms with van der Waals surface area (Å²) >= 11 is 0. The Morgan fingerprint density at radius 1 is 0.833 bits per heavy atom. The van der Waals surface area contributed by atoms with Gasteiger partial charge in [0, 0.05) is 31.7 Å². The van der Waals surface area contributed by atoms with Gasteiger partial charge in [0.25, 0.3) is 5.56 Å². The van der Waals surface area contributed by atoms with Gasteiger partial charge in [-0.05, 0) is 35.2 Å². The van der Waals surface area contributed by atoms with Crippen molar-refractivity contribution in [3.63, 3.8) is 0 Å². The summed E-state index contributed by atoms with van der Waals surface area (Å²) in [6.45, 7) is 2.80. The lowest BCUT2D eigenvalue weighted by molar-refractivity contribution is -0.122. The number of amides is 1. The Balaban J connectivity index is 1.40. The van der Waals surface area contributed by atoms with Crippen LogP contribution in [0.2, 0.25) is 0 Å². The van der Waals surface area contributed by atoms with E-state index in [9.17, 15) is 14.0 Å². The molecule has 4 aromatic rings. The molecule has 5 rings (SSSR count). The molecule has 0 atom stereocenters. The molecule has 6 nitrogen and oxygen atoms in total. The number of nitrogens with one attached hydrogen (secondary N) is 1. The number of fused-ring (bicyclic) bond motifs is 1. The number of halogens is 1. The van der Waals surface area contributed by atoms with Crippen LogP contribution in [-0.2, 0) is 43.9 Å². The number of carbonyl (C=O) groups is 1. The van der Waals surface area contributed by atoms with Crippen LogP contribution in [0.25, 0.3) is 0 Å². The molecule has 3 aromatic carbocycles. The van der Waals surface area contributed by atoms with E-state index in [-0.39, 0.29) is 30.4 Å². The first kappa shape index (κ1) is 23.8. The van der Waals surface area contributed by atoms with E-state index in [4.69, 9.17) is 0 Å². The van der Waals surface area contributed by atoms with Crippen molar-refractivity contribution < 1.29 is 9.18 Å². The van der Waals surface area contributed by atoms with E-state index >= 15 is 0 Å². The zero-order valence-corrected chi connectivity index (χ0v) is 20.1. The molecule has 1 N–H and O–H groups in total. The standard InChI is InChI=1S/C29H29FN4O2/c30-25-13-7-12-24(16-25)17-31-28(35)21-33-27-20-32(18-22-8-3-1-4-9-22)15-14-26(27)29(36)34(33)19-23-10-5-2-6-11-23/h1-13,16H,14-15,17-21H2,(H,31,35). The summed E-state index contributed by atoms with van der Waals surface area (Å²) in [5.74, 6) is -0.560. The average molecular weight is 485 g/mol. The number of aromatic nitrogens is 2. The lowest BCUT2D eigenvalue weighted by Crippen LogP contribution is -2.34. The van der Waals surface area contributed by atoms with Gasteiger partial charge in [-0.1, -0.05) is 72.8 Å². The van der Waals surface area contributed by atoms with Crippen LogP contribution in [0.15, 0.2) is 89.7 Å². The predicted molar refractivity (Wildman–Crippen MR) is 137 cm³/mol. The fourth-order valence-electron chi connectivity index (χ4n) is 4.79. The van der Waals surface area contributed by atoms with Crippen LogP contribution in [-0.4, -0.2) is 26.7 Å². The Bertz CT molecular complexity index is 1400. The predicted octanol–water partition coefficient (Wildman–Crippen LogP) is 3.71. The van der Waals surface area contributed by atoms with E-state index in [0.29, 0.717) is 25.1 Å². The molecule has 0 spiro atoms. The Kier molecular flexibility index (Phi) is 7.09. The van der Waals surface area contributed by atoms with Crippen molar-refractivity contribution in [2.24, 2.45) is 0 Å². The lowest BCUT2D eigenvalue weighted by atomic mass is 10.1. The lowest BCUT2D eigenvalue weighted by Gasteiger charge is -2.27. The summed E-state index contributed by atoms with van der Waals surface area (Å²) in [7, 11) is 0. The van der Waals surface area contributed by atoms with Crippen LogP contribution < -0.4 is 10.9 Å². The van der Waals surface area contributed by atoms with Gasteiger partial charge in [-0.3, -0.25) is 19.2 Å². The normalized spacial score (nSPS) is 13.4. The van der Waals surface area contributed by atoms with Crippen LogP contribution in [0.3, 0.4) is 0 Å². The monoisotopic (exact) mass is 484 g/mol. The molecule has 0 bridgehead atoms. The van der Waals surface area contributed by atoms with E-state index in [0.717, 1.165) is 29.9 Å². The number of nitrogens with zero attached hydrogens (tertiary/aromatic N) is 3. The summed E-state index contributed by atoms with van der Waals surface area (Å²) in [6, 6.07) is 26.2. The van der Waals surface area contributed by atoms with E-state index < -0.39 is 0 Å². The summed E-state index contributed by atoms with van der Waals surface area (Å²) in [6.07, 6.45) is 0.647. The van der Waals surface area contributed by atoms with Gasteiger partial charge in [0.1, 0.15) is 12.4 Å². The molecule has 184 valence electrons. The highest BCUT2D eigenvalue weighted by atomic mass is 19.1. The van der Waals surface area contributed by atoms with Crippen molar-refractivity contribution in [2.75, 3.05) is 6.54 Å². The zero-order chi connectivity index (χ0) is 24.9. The van der Waals surface area contributed by atoms with Gasteiger partial charge >= 0.3 is 0 Å². The largest absolute Gasteiger partial charge is 0.350 e. The van der Waals surface area contributed by atoms with E-state index in [1.165, 1.54) is 17.7 Å². The Hall–Kier alpha value is -3.97. The van der Waals surface area contributed by atoms with Crippen LogP contribution >= 0.6 is 0 Å². The molecule has 0 unspecified atom stereocenters. The maximum Gasteiger partial charge on any atom is 0.270 e. The Morgan fingerprint density at radius 2 is 1.50 bits per heavy atom. The number of hydrogen-bond donors (Lipinski definition) is 1. The third-order valence-corrected chi connectivity index (χ3v) is 6.59. The van der Waals surface area contributed by atoms with E-state index in [2.05, 4.69) is 22.3 Å². The van der Waals surface area contributed by atoms with Gasteiger partial charge in [-0.25, -0.2) is 9.07 Å². The van der Waals surface area contributed by atoms with Crippen molar-refractivity contribution in [1.82, 2.24) is 19.6 Å². The van der Waals surface area contributed by atoms with Crippen molar-refractivity contribution in [2.45, 2.75) is 39.1 Å². The smallest absolute Gasteiger partial charge is 0.270 e. The quantitative estimate of drug-likeness (QED) is 0.415. The molecule has 1 aromatic heterocycles. The van der Waals surface area contributed by atoms with Crippen molar-refractivity contribution >= 4 is 5.91 Å². The van der Waals surface area contributed by atoms with Gasteiger partial charge in [-0.2, -0.15) is 0 Å². The first-order chi connectivity index (χ1) is 17.6. The minimum absolute atomic E-state index is 0.0197. The molecule has 0 radical (unpaired) electrons. The van der Waals surface area contributed by atoms with E-state index in [1.54, 1.807) is 16.8 Å². The maximum absolute atomic E-state index is 13.5. The second-order valence-corrected chi connectivity index (χ2v) is 9.18. The molecule has 1 aliphatic rings. The third kappa shape index (κ3) is 5.47. The molecule has 36 heavy (non-hydrogen) atoms. The molecule has 7 heteroatoms. The second kappa shape index (κ2) is 10.7. The summed E-state index contributed by atoms with van der Waals surface area (Å²) in [5.41, 5.74) is 4.54. The number of benzene rings is 3. The number of carbonyl (C=O) groups excluding carboxylic acids is 1. The highest BCUT2D eigenvalue weighted by molar-refractivity contribution is 5.75. The first-order valence-corrected chi connectivity index (χ1v) is 12.2. The maximum atomic E-state index is 13.5. The SMILES string of the molecule is O=C(Cn1c2c(c(=O)n1Cc1ccccc1)CCN(Cc1ccccc1)C2)NCc1cccc(F)c1. The fraction of sp³-hybridized carbons (Fsp3) is 0.241. The minimum Gasteiger partial charge on any atom is -0.350 e. The van der Waals surface area contributed by atoms with Crippen molar-refractivity contribution in [1.29, 1.82) is 0 Å². The topological polar surface area (TPSA) is 59.3 Å². The highest BCUT2D eigenvalue weighted by Gasteiger charge is 2.27. The van der Waals surface area contributed by atoms with Gasteiger partial charge in [0.15, 0.2) is 0 Å². The molecule has 1 amide bonds. The summed E-state index contributed by atoms with van der Waals surface area (Å²) in [4.78, 5) is 28.8. The molecule has 0 saturated heterocycles. The van der Waals surface area contributed by atoms with Crippen LogP contribution in [0.4, 0.5) is 4.39 Å². The second-order valence-electron chi connectivity index (χ2n) is 9.18. The highest BCUT2D eigenvalue weighted by Crippen LogP contribution is 2.20. The average Bonchev–Trinajstić information content (AvgIpc) is 3.14. The van der Waals surface area contributed by atoms with E-state index in [1.807, 2.05) is 53.2 Å². The molecule has 1 aliphatic heterocycles. The summed E-state index contributed by atoms with van der Waals surface area (Å²) < 4.78 is 17.0. The van der Waals surface area contributed by atoms with Crippen LogP contribution in [0.5, 0.6) is 0 Å². The van der Waals surface area contributed by atoms with Gasteiger partial charge in [-0.15, -0.1) is 0 Å². The Labute approximate surface area is 209 Å². The third-order valence-electron chi connectivity index (χ3n) is 6.59. The number of rotatable bonds is 8. The van der Waals surface area contributed by atoms with Gasteiger partial charge < -0.3 is 5.32 Å².